The molecule has 0 radical (unpaired) electrons. The molecule has 0 aromatic carbocycles. The second-order valence-electron chi connectivity index (χ2n) is 1.70. The molecule has 0 atom stereocenters. The van der Waals surface area contributed by atoms with Crippen molar-refractivity contribution in [3.8, 4) is 0 Å². The van der Waals surface area contributed by atoms with Gasteiger partial charge in [0.1, 0.15) is 0 Å². The smallest absolute Gasteiger partial charge is 0.439 e. The summed E-state index contributed by atoms with van der Waals surface area (Å²) in [4.78, 5) is 9.99. The molecule has 0 aromatic rings. The summed E-state index contributed by atoms with van der Waals surface area (Å²) in [5.74, 6) is -2.16. The van der Waals surface area contributed by atoms with Crippen molar-refractivity contribution in [2.24, 2.45) is 10.3 Å². The average Bonchev–Trinajstić information content (AvgIpc) is 1.96. The molecule has 0 aliphatic heterocycles. The van der Waals surface area contributed by atoms with Crippen molar-refractivity contribution in [1.82, 2.24) is 0 Å². The number of carbonyl (C=O) groups is 1. The van der Waals surface area contributed by atoms with Gasteiger partial charge in [0.2, 0.25) is 11.4 Å². The fourth-order valence-electron chi connectivity index (χ4n) is 0.430. The molecule has 0 heterocycles. The van der Waals surface area contributed by atoms with Crippen LogP contribution in [0.4, 0.5) is 13.2 Å². The number of alkyl halides is 3. The summed E-state index contributed by atoms with van der Waals surface area (Å²) in [5, 5.41) is 27.3. The number of oxime groups is 2. The van der Waals surface area contributed by atoms with E-state index in [1.54, 1.807) is 5.16 Å². The van der Waals surface area contributed by atoms with Crippen LogP contribution in [-0.4, -0.2) is 39.1 Å². The van der Waals surface area contributed by atoms with Gasteiger partial charge in [-0.15, -0.1) is 0 Å². The number of carboxylic acids is 1. The van der Waals surface area contributed by atoms with Gasteiger partial charge in [-0.2, -0.15) is 13.2 Å². The molecule has 3 N–H and O–H groups in total. The predicted octanol–water partition coefficient (Wildman–Crippen LogP) is 0.294. The van der Waals surface area contributed by atoms with Crippen LogP contribution in [-0.2, 0) is 4.79 Å². The van der Waals surface area contributed by atoms with Crippen molar-refractivity contribution < 1.29 is 33.5 Å². The highest BCUT2D eigenvalue weighted by atomic mass is 19.4. The van der Waals surface area contributed by atoms with Crippen molar-refractivity contribution in [3.63, 3.8) is 0 Å². The Hall–Kier alpha value is -1.80. The zero-order valence-corrected chi connectivity index (χ0v) is 5.78. The molecule has 0 fully saturated rings. The highest BCUT2D eigenvalue weighted by molar-refractivity contribution is 6.66. The van der Waals surface area contributed by atoms with E-state index in [4.69, 9.17) is 15.5 Å². The number of hydrogen-bond acceptors (Lipinski definition) is 5. The van der Waals surface area contributed by atoms with E-state index in [1.165, 1.54) is 0 Å². The third kappa shape index (κ3) is 2.61. The molecular formula is C4H3F3N2O4. The van der Waals surface area contributed by atoms with Gasteiger partial charge in [0.05, 0.1) is 0 Å². The summed E-state index contributed by atoms with van der Waals surface area (Å²) in [6.07, 6.45) is -5.20. The van der Waals surface area contributed by atoms with E-state index in [9.17, 15) is 18.0 Å². The van der Waals surface area contributed by atoms with Crippen LogP contribution in [0.15, 0.2) is 10.3 Å². The monoisotopic (exact) mass is 200 g/mol. The van der Waals surface area contributed by atoms with Crippen LogP contribution in [0.3, 0.4) is 0 Å². The first-order valence-corrected chi connectivity index (χ1v) is 2.59. The largest absolute Gasteiger partial charge is 0.476 e. The summed E-state index contributed by atoms with van der Waals surface area (Å²) in [5.41, 5.74) is -3.96. The van der Waals surface area contributed by atoms with Crippen molar-refractivity contribution in [3.05, 3.63) is 0 Å². The summed E-state index contributed by atoms with van der Waals surface area (Å²) in [6.45, 7) is 0. The Morgan fingerprint density at radius 1 is 1.15 bits per heavy atom. The quantitative estimate of drug-likeness (QED) is 0.338. The van der Waals surface area contributed by atoms with Crippen LogP contribution in [0.2, 0.25) is 0 Å². The van der Waals surface area contributed by atoms with Crippen molar-refractivity contribution in [1.29, 1.82) is 0 Å². The molecule has 0 aliphatic carbocycles. The zero-order chi connectivity index (χ0) is 10.6. The van der Waals surface area contributed by atoms with E-state index in [0.29, 0.717) is 0 Å². The first-order chi connectivity index (χ1) is 5.84. The van der Waals surface area contributed by atoms with Crippen LogP contribution in [0, 0.1) is 0 Å². The van der Waals surface area contributed by atoms with Crippen molar-refractivity contribution in [2.45, 2.75) is 6.18 Å². The highest BCUT2D eigenvalue weighted by Crippen LogP contribution is 2.18. The molecule has 0 bridgehead atoms. The Balaban J connectivity index is 5.13. The summed E-state index contributed by atoms with van der Waals surface area (Å²) >= 11 is 0. The maximum absolute atomic E-state index is 11.8. The van der Waals surface area contributed by atoms with E-state index in [1.807, 2.05) is 5.16 Å². The van der Waals surface area contributed by atoms with Crippen molar-refractivity contribution in [2.75, 3.05) is 0 Å². The van der Waals surface area contributed by atoms with Gasteiger partial charge in [-0.05, 0) is 0 Å². The van der Waals surface area contributed by atoms with E-state index in [-0.39, 0.29) is 0 Å². The lowest BCUT2D eigenvalue weighted by molar-refractivity contribution is -0.129. The Bertz CT molecular complexity index is 269. The molecule has 0 unspecified atom stereocenters. The first-order valence-electron chi connectivity index (χ1n) is 2.59. The number of nitrogens with zero attached hydrogens (tertiary/aromatic N) is 2. The SMILES string of the molecule is O=C(O)C(=N\O)/C(=N/O)C(F)(F)F. The van der Waals surface area contributed by atoms with Crippen LogP contribution in [0.1, 0.15) is 0 Å². The molecule has 0 aliphatic rings. The van der Waals surface area contributed by atoms with E-state index in [0.717, 1.165) is 0 Å². The normalized spacial score (nSPS) is 14.4. The van der Waals surface area contributed by atoms with Gasteiger partial charge in [-0.3, -0.25) is 0 Å². The van der Waals surface area contributed by atoms with Gasteiger partial charge >= 0.3 is 12.1 Å². The van der Waals surface area contributed by atoms with Crippen LogP contribution in [0.25, 0.3) is 0 Å². The highest BCUT2D eigenvalue weighted by Gasteiger charge is 2.43. The molecule has 0 aromatic heterocycles. The lowest BCUT2D eigenvalue weighted by atomic mass is 10.2. The maximum atomic E-state index is 11.8. The van der Waals surface area contributed by atoms with Crippen LogP contribution < -0.4 is 0 Å². The Labute approximate surface area is 68.6 Å². The number of rotatable bonds is 2. The Kier molecular flexibility index (Phi) is 3.22. The molecule has 0 saturated heterocycles. The molecule has 9 heteroatoms. The first kappa shape index (κ1) is 11.2. The van der Waals surface area contributed by atoms with Crippen LogP contribution >= 0.6 is 0 Å². The van der Waals surface area contributed by atoms with Gasteiger partial charge in [0.25, 0.3) is 0 Å². The third-order valence-corrected chi connectivity index (χ3v) is 0.895. The number of halogens is 3. The summed E-state index contributed by atoms with van der Waals surface area (Å²) < 4.78 is 35.3. The van der Waals surface area contributed by atoms with Gasteiger partial charge in [-0.1, -0.05) is 10.3 Å². The summed E-state index contributed by atoms with van der Waals surface area (Å²) in [7, 11) is 0. The minimum absolute atomic E-state index is 1.67. The second kappa shape index (κ2) is 3.74. The fourth-order valence-corrected chi connectivity index (χ4v) is 0.430. The lowest BCUT2D eigenvalue weighted by Gasteiger charge is -2.05. The fraction of sp³-hybridized carbons (Fsp3) is 0.250. The lowest BCUT2D eigenvalue weighted by Crippen LogP contribution is -2.36. The average molecular weight is 200 g/mol. The topological polar surface area (TPSA) is 102 Å². The number of aliphatic carboxylic acids is 1. The predicted molar refractivity (Wildman–Crippen MR) is 32.1 cm³/mol. The minimum atomic E-state index is -5.20. The van der Waals surface area contributed by atoms with E-state index < -0.39 is 23.6 Å². The van der Waals surface area contributed by atoms with E-state index in [2.05, 4.69) is 0 Å². The molecular weight excluding hydrogens is 197 g/mol. The summed E-state index contributed by atoms with van der Waals surface area (Å²) in [6, 6.07) is 0. The molecule has 0 saturated carbocycles. The molecule has 0 rings (SSSR count). The van der Waals surface area contributed by atoms with Gasteiger partial charge in [0, 0.05) is 0 Å². The minimum Gasteiger partial charge on any atom is -0.476 e. The van der Waals surface area contributed by atoms with Crippen molar-refractivity contribution >= 4 is 17.4 Å². The molecule has 13 heavy (non-hydrogen) atoms. The zero-order valence-electron chi connectivity index (χ0n) is 5.78. The number of carboxylic acid groups (broad SMARTS) is 1. The Morgan fingerprint density at radius 3 is 1.69 bits per heavy atom. The van der Waals surface area contributed by atoms with E-state index >= 15 is 0 Å². The van der Waals surface area contributed by atoms with Gasteiger partial charge < -0.3 is 15.5 Å². The number of hydrogen-bond donors (Lipinski definition) is 3. The third-order valence-electron chi connectivity index (χ3n) is 0.895. The van der Waals surface area contributed by atoms with Gasteiger partial charge in [0.15, 0.2) is 0 Å². The molecule has 0 spiro atoms. The molecule has 74 valence electrons. The molecule has 6 nitrogen and oxygen atoms in total. The van der Waals surface area contributed by atoms with Gasteiger partial charge in [-0.25, -0.2) is 4.79 Å². The standard InChI is InChI=1S/C4H3F3N2O4/c5-4(6,7)2(9-13)1(8-12)3(10)11/h12-13H,(H,10,11)/b8-1-,9-2-. The Morgan fingerprint density at radius 2 is 1.62 bits per heavy atom. The molecule has 0 amide bonds. The van der Waals surface area contributed by atoms with Crippen LogP contribution in [0.5, 0.6) is 0 Å². The second-order valence-corrected chi connectivity index (χ2v) is 1.70. The maximum Gasteiger partial charge on any atom is 0.439 e.